The lowest BCUT2D eigenvalue weighted by Crippen LogP contribution is -2.44. The third-order valence-electron chi connectivity index (χ3n) is 4.56. The van der Waals surface area contributed by atoms with Crippen LogP contribution in [0.5, 0.6) is 0 Å². The van der Waals surface area contributed by atoms with Crippen LogP contribution in [0.25, 0.3) is 17.1 Å². The highest BCUT2D eigenvalue weighted by atomic mass is 32.2. The molecule has 0 amide bonds. The van der Waals surface area contributed by atoms with Gasteiger partial charge in [0, 0.05) is 11.1 Å². The molecular weight excluding hydrogens is 422 g/mol. The molecule has 0 saturated carbocycles. The van der Waals surface area contributed by atoms with Gasteiger partial charge in [-0.15, -0.1) is 15.0 Å². The van der Waals surface area contributed by atoms with E-state index in [1.807, 2.05) is 0 Å². The van der Waals surface area contributed by atoms with Gasteiger partial charge in [-0.3, -0.25) is 9.59 Å². The first kappa shape index (κ1) is 22.2. The zero-order valence-electron chi connectivity index (χ0n) is 17.1. The molecule has 0 radical (unpaired) electrons. The minimum atomic E-state index is -4.02. The van der Waals surface area contributed by atoms with Gasteiger partial charge in [0.15, 0.2) is 5.78 Å². The number of tetrazole rings is 1. The number of hydrogen-bond acceptors (Lipinski definition) is 7. The minimum Gasteiger partial charge on any atom is -0.480 e. The van der Waals surface area contributed by atoms with E-state index in [1.54, 1.807) is 38.1 Å². The molecule has 1 aromatic heterocycles. The van der Waals surface area contributed by atoms with Crippen LogP contribution in [0.4, 0.5) is 0 Å². The predicted molar refractivity (Wildman–Crippen MR) is 111 cm³/mol. The van der Waals surface area contributed by atoms with Gasteiger partial charge in [0.05, 0.1) is 10.6 Å². The van der Waals surface area contributed by atoms with E-state index in [0.717, 1.165) is 0 Å². The molecule has 31 heavy (non-hydrogen) atoms. The molecule has 0 aliphatic rings. The van der Waals surface area contributed by atoms with Crippen LogP contribution >= 0.6 is 0 Å². The number of rotatable bonds is 8. The number of sulfonamides is 1. The Morgan fingerprint density at radius 1 is 1.03 bits per heavy atom. The number of hydrogen-bond donors (Lipinski definition) is 2. The van der Waals surface area contributed by atoms with E-state index < -0.39 is 28.0 Å². The first-order chi connectivity index (χ1) is 14.6. The zero-order chi connectivity index (χ0) is 22.8. The van der Waals surface area contributed by atoms with E-state index in [2.05, 4.69) is 20.1 Å². The van der Waals surface area contributed by atoms with E-state index in [-0.39, 0.29) is 16.5 Å². The molecule has 1 atom stereocenters. The van der Waals surface area contributed by atoms with E-state index in [1.165, 1.54) is 36.0 Å². The quantitative estimate of drug-likeness (QED) is 0.503. The summed E-state index contributed by atoms with van der Waals surface area (Å²) >= 11 is 0. The lowest BCUT2D eigenvalue weighted by Gasteiger charge is -2.18. The number of aliphatic carboxylic acids is 1. The number of ketones is 1. The Labute approximate surface area is 179 Å². The van der Waals surface area contributed by atoms with Gasteiger partial charge >= 0.3 is 5.97 Å². The van der Waals surface area contributed by atoms with E-state index in [9.17, 15) is 23.1 Å². The molecule has 10 nitrogen and oxygen atoms in total. The van der Waals surface area contributed by atoms with Gasteiger partial charge in [0.2, 0.25) is 15.8 Å². The van der Waals surface area contributed by atoms with Gasteiger partial charge in [-0.25, -0.2) is 8.42 Å². The van der Waals surface area contributed by atoms with Gasteiger partial charge in [-0.2, -0.15) is 4.72 Å². The highest BCUT2D eigenvalue weighted by molar-refractivity contribution is 7.89. The van der Waals surface area contributed by atoms with E-state index in [0.29, 0.717) is 16.8 Å². The molecule has 0 saturated heterocycles. The number of Topliss-reactive ketones (excluding diaryl/α,β-unsaturated/α-hetero) is 1. The fourth-order valence-electron chi connectivity index (χ4n) is 2.76. The number of carboxylic acids is 1. The molecule has 0 aliphatic carbocycles. The molecule has 11 heteroatoms. The van der Waals surface area contributed by atoms with Gasteiger partial charge in [-0.05, 0) is 66.6 Å². The van der Waals surface area contributed by atoms with Crippen molar-refractivity contribution >= 4 is 21.8 Å². The largest absolute Gasteiger partial charge is 0.480 e. The second-order valence-electron chi connectivity index (χ2n) is 7.21. The molecular formula is C20H21N5O5S. The smallest absolute Gasteiger partial charge is 0.322 e. The number of carbonyl (C=O) groups is 2. The van der Waals surface area contributed by atoms with Crippen LogP contribution in [0.2, 0.25) is 0 Å². The number of benzene rings is 2. The number of nitrogens with zero attached hydrogens (tertiary/aromatic N) is 4. The van der Waals surface area contributed by atoms with Crippen LogP contribution in [0.3, 0.4) is 0 Å². The van der Waals surface area contributed by atoms with Gasteiger partial charge in [0.1, 0.15) is 6.04 Å². The van der Waals surface area contributed by atoms with Crippen molar-refractivity contribution in [1.29, 1.82) is 0 Å². The zero-order valence-corrected chi connectivity index (χ0v) is 17.9. The lowest BCUT2D eigenvalue weighted by atomic mass is 10.1. The SMILES string of the molecule is CC(=O)c1ccc(-n2nnc(-c3ccc(S(=O)(=O)NC(C(=O)O)C(C)C)cc3)n2)cc1. The summed E-state index contributed by atoms with van der Waals surface area (Å²) in [6.07, 6.45) is 0. The molecule has 0 aliphatic heterocycles. The number of nitrogens with one attached hydrogen (secondary N) is 1. The molecule has 162 valence electrons. The molecule has 2 N–H and O–H groups in total. The molecule has 2 aromatic carbocycles. The Bertz CT molecular complexity index is 1200. The normalized spacial score (nSPS) is 12.6. The fraction of sp³-hybridized carbons (Fsp3) is 0.250. The van der Waals surface area contributed by atoms with Crippen molar-refractivity contribution in [2.75, 3.05) is 0 Å². The highest BCUT2D eigenvalue weighted by Crippen LogP contribution is 2.19. The van der Waals surface area contributed by atoms with Crippen LogP contribution in [-0.4, -0.2) is 51.5 Å². The fourth-order valence-corrected chi connectivity index (χ4v) is 4.10. The summed E-state index contributed by atoms with van der Waals surface area (Å²) in [4.78, 5) is 23.9. The van der Waals surface area contributed by atoms with Crippen LogP contribution < -0.4 is 4.72 Å². The Morgan fingerprint density at radius 3 is 2.16 bits per heavy atom. The maximum absolute atomic E-state index is 12.5. The average molecular weight is 443 g/mol. The van der Waals surface area contributed by atoms with Crippen molar-refractivity contribution in [2.45, 2.75) is 31.7 Å². The maximum atomic E-state index is 12.5. The standard InChI is InChI=1S/C20H21N5O5S/c1-12(2)18(20(27)28)23-31(29,30)17-10-6-15(7-11-17)19-21-24-25(22-19)16-8-4-14(5-9-16)13(3)26/h4-12,18,23H,1-3H3,(H,27,28). The first-order valence-corrected chi connectivity index (χ1v) is 10.8. The van der Waals surface area contributed by atoms with Gasteiger partial charge in [-0.1, -0.05) is 13.8 Å². The highest BCUT2D eigenvalue weighted by Gasteiger charge is 2.28. The molecule has 0 fully saturated rings. The Kier molecular flexibility index (Phi) is 6.27. The number of carbonyl (C=O) groups excluding carboxylic acids is 1. The third kappa shape index (κ3) is 5.01. The molecule has 0 bridgehead atoms. The second kappa shape index (κ2) is 8.74. The molecule has 3 rings (SSSR count). The predicted octanol–water partition coefficient (Wildman–Crippen LogP) is 1.92. The average Bonchev–Trinajstić information content (AvgIpc) is 3.22. The van der Waals surface area contributed by atoms with E-state index in [4.69, 9.17) is 0 Å². The van der Waals surface area contributed by atoms with Gasteiger partial charge < -0.3 is 5.11 Å². The van der Waals surface area contributed by atoms with Crippen molar-refractivity contribution < 1.29 is 23.1 Å². The summed E-state index contributed by atoms with van der Waals surface area (Å²) < 4.78 is 27.2. The number of carboxylic acid groups (broad SMARTS) is 1. The van der Waals surface area contributed by atoms with Crippen LogP contribution in [-0.2, 0) is 14.8 Å². The van der Waals surface area contributed by atoms with Crippen molar-refractivity contribution in [3.8, 4) is 17.1 Å². The molecule has 0 spiro atoms. The van der Waals surface area contributed by atoms with E-state index >= 15 is 0 Å². The summed E-state index contributed by atoms with van der Waals surface area (Å²) in [6, 6.07) is 11.2. The van der Waals surface area contributed by atoms with Crippen molar-refractivity contribution in [1.82, 2.24) is 24.9 Å². The summed E-state index contributed by atoms with van der Waals surface area (Å²) in [5.74, 6) is -1.44. The Balaban J connectivity index is 1.80. The molecule has 1 unspecified atom stereocenters. The second-order valence-corrected chi connectivity index (χ2v) is 8.93. The first-order valence-electron chi connectivity index (χ1n) is 9.35. The summed E-state index contributed by atoms with van der Waals surface area (Å²) in [6.45, 7) is 4.71. The summed E-state index contributed by atoms with van der Waals surface area (Å²) in [5, 5.41) is 21.5. The number of aromatic nitrogens is 4. The monoisotopic (exact) mass is 443 g/mol. The topological polar surface area (TPSA) is 144 Å². The summed E-state index contributed by atoms with van der Waals surface area (Å²) in [7, 11) is -4.02. The van der Waals surface area contributed by atoms with Crippen molar-refractivity contribution in [3.63, 3.8) is 0 Å². The van der Waals surface area contributed by atoms with Crippen LogP contribution in [0, 0.1) is 5.92 Å². The lowest BCUT2D eigenvalue weighted by molar-refractivity contribution is -0.140. The van der Waals surface area contributed by atoms with Crippen LogP contribution in [0.1, 0.15) is 31.1 Å². The van der Waals surface area contributed by atoms with Crippen molar-refractivity contribution in [2.24, 2.45) is 5.92 Å². The van der Waals surface area contributed by atoms with Crippen molar-refractivity contribution in [3.05, 3.63) is 54.1 Å². The minimum absolute atomic E-state index is 0.0496. The molecule has 1 heterocycles. The van der Waals surface area contributed by atoms with Crippen LogP contribution in [0.15, 0.2) is 53.4 Å². The Hall–Kier alpha value is -3.44. The molecule has 3 aromatic rings. The summed E-state index contributed by atoms with van der Waals surface area (Å²) in [5.41, 5.74) is 1.71. The maximum Gasteiger partial charge on any atom is 0.322 e. The van der Waals surface area contributed by atoms with Gasteiger partial charge in [0.25, 0.3) is 0 Å². The third-order valence-corrected chi connectivity index (χ3v) is 6.01. The Morgan fingerprint density at radius 2 is 1.65 bits per heavy atom.